The molecule has 1 aliphatic rings. The molecule has 2 rings (SSSR count). The first-order chi connectivity index (χ1) is 6.11. The summed E-state index contributed by atoms with van der Waals surface area (Å²) >= 11 is 0. The summed E-state index contributed by atoms with van der Waals surface area (Å²) in [7, 11) is -1.75. The molecule has 3 heteroatoms. The van der Waals surface area contributed by atoms with Gasteiger partial charge in [-0.15, -0.1) is 0 Å². The smallest absolute Gasteiger partial charge is 0.136 e. The van der Waals surface area contributed by atoms with Gasteiger partial charge in [0.2, 0.25) is 0 Å². The van der Waals surface area contributed by atoms with Crippen LogP contribution in [0.25, 0.3) is 0 Å². The van der Waals surface area contributed by atoms with E-state index in [1.54, 1.807) is 13.0 Å². The van der Waals surface area contributed by atoms with Gasteiger partial charge in [0.15, 0.2) is 0 Å². The third kappa shape index (κ3) is 1.28. The van der Waals surface area contributed by atoms with Gasteiger partial charge in [0.1, 0.15) is 14.0 Å². The molecular weight excluding hydrogens is 189 g/mol. The van der Waals surface area contributed by atoms with E-state index in [-0.39, 0.29) is 11.5 Å². The van der Waals surface area contributed by atoms with Crippen LogP contribution in [-0.2, 0) is 6.42 Å². The minimum absolute atomic E-state index is 0.0127. The van der Waals surface area contributed by atoms with Gasteiger partial charge in [-0.1, -0.05) is 19.1 Å². The summed E-state index contributed by atoms with van der Waals surface area (Å²) in [6.45, 7) is 3.53. The molecule has 1 aromatic rings. The number of rotatable bonds is 0. The normalized spacial score (nSPS) is 26.2. The lowest BCUT2D eigenvalue weighted by molar-refractivity contribution is 0.625. The second kappa shape index (κ2) is 3.02. The third-order valence-corrected chi connectivity index (χ3v) is 4.38. The summed E-state index contributed by atoms with van der Waals surface area (Å²) in [5.41, 5.74) is 1.41. The van der Waals surface area contributed by atoms with Crippen molar-refractivity contribution in [2.45, 2.75) is 25.9 Å². The molecule has 0 saturated carbocycles. The topological polar surface area (TPSA) is 0 Å². The second-order valence-corrected chi connectivity index (χ2v) is 5.52. The van der Waals surface area contributed by atoms with E-state index in [2.05, 4.69) is 0 Å². The molecule has 1 heterocycles. The molecule has 0 fully saturated rings. The van der Waals surface area contributed by atoms with Gasteiger partial charge in [0.25, 0.3) is 0 Å². The average Bonchev–Trinajstić information content (AvgIpc) is 2.37. The number of hydrogen-bond acceptors (Lipinski definition) is 0. The summed E-state index contributed by atoms with van der Waals surface area (Å²) in [6, 6.07) is 3.58. The van der Waals surface area contributed by atoms with E-state index in [0.29, 0.717) is 17.3 Å². The van der Waals surface area contributed by atoms with Crippen molar-refractivity contribution in [3.05, 3.63) is 29.1 Å². The number of benzene rings is 1. The van der Waals surface area contributed by atoms with E-state index in [1.807, 2.05) is 13.0 Å². The number of fused-ring (bicyclic) bond motifs is 1. The van der Waals surface area contributed by atoms with Crippen LogP contribution in [0.3, 0.4) is 0 Å². The Labute approximate surface area is 77.8 Å². The van der Waals surface area contributed by atoms with Crippen LogP contribution >= 0.6 is 8.23 Å². The zero-order valence-electron chi connectivity index (χ0n) is 7.64. The van der Waals surface area contributed by atoms with Gasteiger partial charge in [-0.3, -0.25) is 0 Å². The van der Waals surface area contributed by atoms with Crippen molar-refractivity contribution < 1.29 is 8.59 Å². The highest BCUT2D eigenvalue weighted by atomic mass is 31.2. The highest BCUT2D eigenvalue weighted by Gasteiger charge is 2.33. The van der Waals surface area contributed by atoms with Crippen molar-refractivity contribution in [1.29, 1.82) is 0 Å². The molecule has 0 spiro atoms. The van der Waals surface area contributed by atoms with Crippen molar-refractivity contribution in [2.24, 2.45) is 0 Å². The first-order valence-electron chi connectivity index (χ1n) is 4.34. The molecule has 0 nitrogen and oxygen atoms in total. The van der Waals surface area contributed by atoms with Crippen molar-refractivity contribution >= 4 is 13.5 Å². The molecule has 0 aromatic heterocycles. The Morgan fingerprint density at radius 1 is 1.46 bits per heavy atom. The van der Waals surface area contributed by atoms with E-state index in [0.717, 1.165) is 5.56 Å². The van der Waals surface area contributed by atoms with Gasteiger partial charge in [0, 0.05) is 11.0 Å². The summed E-state index contributed by atoms with van der Waals surface area (Å²) in [6.07, 6.45) is 0.689. The summed E-state index contributed by atoms with van der Waals surface area (Å²) < 4.78 is 27.1. The Morgan fingerprint density at radius 3 is 2.85 bits per heavy atom. The van der Waals surface area contributed by atoms with Crippen molar-refractivity contribution in [3.8, 4) is 0 Å². The summed E-state index contributed by atoms with van der Waals surface area (Å²) in [5, 5.41) is 0.363. The number of aryl methyl sites for hydroxylation is 1. The predicted octanol–water partition coefficient (Wildman–Crippen LogP) is 3.07. The predicted molar refractivity (Wildman–Crippen MR) is 52.0 cm³/mol. The van der Waals surface area contributed by atoms with Gasteiger partial charge >= 0.3 is 0 Å². The molecule has 1 aliphatic heterocycles. The molecule has 1 aromatic carbocycles. The molecule has 13 heavy (non-hydrogen) atoms. The van der Waals surface area contributed by atoms with Gasteiger partial charge < -0.3 is 0 Å². The molecule has 0 aliphatic carbocycles. The van der Waals surface area contributed by atoms with E-state index >= 15 is 0 Å². The molecule has 0 saturated heterocycles. The fourth-order valence-electron chi connectivity index (χ4n) is 1.72. The Bertz CT molecular complexity index is 349. The van der Waals surface area contributed by atoms with Gasteiger partial charge in [-0.2, -0.15) is 0 Å². The standard InChI is InChI=1S/C10H11F2P/c1-6-3-4-8-5-7(2)13(12)10(8)9(6)11/h3-4,7H,5H2,1-2H3. The highest BCUT2D eigenvalue weighted by Crippen LogP contribution is 2.49. The lowest BCUT2D eigenvalue weighted by Crippen LogP contribution is -2.07. The average molecular weight is 200 g/mol. The Hall–Kier alpha value is -0.490. The molecular formula is C10H11F2P. The molecule has 0 amide bonds. The molecule has 0 bridgehead atoms. The second-order valence-electron chi connectivity index (χ2n) is 3.57. The van der Waals surface area contributed by atoms with Crippen LogP contribution in [0.15, 0.2) is 12.1 Å². The van der Waals surface area contributed by atoms with Gasteiger partial charge in [0.05, 0.1) is 0 Å². The van der Waals surface area contributed by atoms with E-state index in [1.165, 1.54) is 0 Å². The number of hydrogen-bond donors (Lipinski definition) is 0. The number of halogens is 2. The van der Waals surface area contributed by atoms with Crippen LogP contribution in [0.1, 0.15) is 18.1 Å². The molecule has 70 valence electrons. The lowest BCUT2D eigenvalue weighted by atomic mass is 10.1. The fraction of sp³-hybridized carbons (Fsp3) is 0.400. The van der Waals surface area contributed by atoms with Gasteiger partial charge in [-0.25, -0.2) is 8.59 Å². The molecule has 0 N–H and O–H groups in total. The summed E-state index contributed by atoms with van der Waals surface area (Å²) in [4.78, 5) is 0. The maximum absolute atomic E-state index is 13.6. The maximum atomic E-state index is 13.6. The van der Waals surface area contributed by atoms with Crippen LogP contribution in [0.5, 0.6) is 0 Å². The van der Waals surface area contributed by atoms with Crippen LogP contribution in [0, 0.1) is 12.7 Å². The van der Waals surface area contributed by atoms with Crippen LogP contribution in [0.2, 0.25) is 0 Å². The monoisotopic (exact) mass is 200 g/mol. The van der Waals surface area contributed by atoms with E-state index in [4.69, 9.17) is 0 Å². The Kier molecular flexibility index (Phi) is 2.11. The van der Waals surface area contributed by atoms with Crippen LogP contribution in [0.4, 0.5) is 8.59 Å². The third-order valence-electron chi connectivity index (χ3n) is 2.51. The molecule has 2 unspecified atom stereocenters. The zero-order chi connectivity index (χ0) is 9.59. The van der Waals surface area contributed by atoms with Crippen LogP contribution < -0.4 is 5.30 Å². The minimum Gasteiger partial charge on any atom is -0.221 e. The maximum Gasteiger partial charge on any atom is 0.136 e. The Morgan fingerprint density at radius 2 is 2.15 bits per heavy atom. The zero-order valence-corrected chi connectivity index (χ0v) is 8.54. The highest BCUT2D eigenvalue weighted by molar-refractivity contribution is 7.61. The van der Waals surface area contributed by atoms with E-state index in [9.17, 15) is 8.59 Å². The minimum atomic E-state index is -1.75. The summed E-state index contributed by atoms with van der Waals surface area (Å²) in [5.74, 6) is -0.324. The van der Waals surface area contributed by atoms with E-state index < -0.39 is 8.23 Å². The molecule has 0 radical (unpaired) electrons. The SMILES string of the molecule is Cc1ccc2c(c1F)P(F)C(C)C2. The lowest BCUT2D eigenvalue weighted by Gasteiger charge is -2.07. The van der Waals surface area contributed by atoms with Crippen molar-refractivity contribution in [3.63, 3.8) is 0 Å². The first kappa shape index (κ1) is 9.08. The van der Waals surface area contributed by atoms with Crippen molar-refractivity contribution in [1.82, 2.24) is 0 Å². The molecule has 2 atom stereocenters. The quantitative estimate of drug-likeness (QED) is 0.564. The first-order valence-corrected chi connectivity index (χ1v) is 5.64. The van der Waals surface area contributed by atoms with Crippen molar-refractivity contribution in [2.75, 3.05) is 0 Å². The largest absolute Gasteiger partial charge is 0.221 e. The van der Waals surface area contributed by atoms with Gasteiger partial charge in [-0.05, 0) is 24.5 Å². The fourth-order valence-corrected chi connectivity index (χ4v) is 3.32. The Balaban J connectivity index is 2.59. The van der Waals surface area contributed by atoms with Crippen LogP contribution in [-0.4, -0.2) is 5.66 Å².